The SMILES string of the molecule is Cc1nc(C(C)C)sc1[C@H](C)N(C)C(=O)[C@H]1CCCc2[nH]ncc21. The van der Waals surface area contributed by atoms with Crippen LogP contribution in [0.5, 0.6) is 0 Å². The number of aryl methyl sites for hydroxylation is 2. The number of nitrogens with one attached hydrogen (secondary N) is 1. The van der Waals surface area contributed by atoms with Crippen molar-refractivity contribution in [3.8, 4) is 0 Å². The lowest BCUT2D eigenvalue weighted by Crippen LogP contribution is -2.35. The predicted molar refractivity (Wildman–Crippen MR) is 96.4 cm³/mol. The zero-order chi connectivity index (χ0) is 17.4. The second kappa shape index (κ2) is 6.67. The number of amides is 1. The third kappa shape index (κ3) is 2.99. The molecule has 0 unspecified atom stereocenters. The Morgan fingerprint density at radius 1 is 1.42 bits per heavy atom. The highest BCUT2D eigenvalue weighted by atomic mass is 32.1. The molecule has 2 heterocycles. The predicted octanol–water partition coefficient (Wildman–Crippen LogP) is 3.94. The molecule has 24 heavy (non-hydrogen) atoms. The highest BCUT2D eigenvalue weighted by Crippen LogP contribution is 2.36. The van der Waals surface area contributed by atoms with E-state index in [4.69, 9.17) is 0 Å². The van der Waals surface area contributed by atoms with Gasteiger partial charge in [0.2, 0.25) is 5.91 Å². The summed E-state index contributed by atoms with van der Waals surface area (Å²) in [5.41, 5.74) is 3.24. The summed E-state index contributed by atoms with van der Waals surface area (Å²) in [6.45, 7) is 8.46. The molecule has 2 atom stereocenters. The second-order valence-corrected chi connectivity index (χ2v) is 8.09. The summed E-state index contributed by atoms with van der Waals surface area (Å²) in [6, 6.07) is 0.0415. The summed E-state index contributed by atoms with van der Waals surface area (Å²) in [5, 5.41) is 8.31. The van der Waals surface area contributed by atoms with E-state index in [0.717, 1.165) is 41.2 Å². The van der Waals surface area contributed by atoms with Gasteiger partial charge in [0.1, 0.15) is 0 Å². The molecule has 0 radical (unpaired) electrons. The number of carbonyl (C=O) groups excluding carboxylic acids is 1. The van der Waals surface area contributed by atoms with Crippen molar-refractivity contribution in [1.82, 2.24) is 20.1 Å². The molecule has 6 heteroatoms. The number of fused-ring (bicyclic) bond motifs is 1. The van der Waals surface area contributed by atoms with E-state index in [-0.39, 0.29) is 17.9 Å². The fourth-order valence-corrected chi connectivity index (χ4v) is 4.56. The van der Waals surface area contributed by atoms with E-state index in [9.17, 15) is 4.79 Å². The Balaban J connectivity index is 1.81. The topological polar surface area (TPSA) is 61.9 Å². The maximum Gasteiger partial charge on any atom is 0.230 e. The third-order valence-corrected chi connectivity index (χ3v) is 6.62. The Hall–Kier alpha value is -1.69. The van der Waals surface area contributed by atoms with Crippen LogP contribution >= 0.6 is 11.3 Å². The largest absolute Gasteiger partial charge is 0.338 e. The number of thiazole rings is 1. The number of nitrogens with zero attached hydrogens (tertiary/aromatic N) is 3. The van der Waals surface area contributed by atoms with Crippen molar-refractivity contribution in [2.24, 2.45) is 0 Å². The van der Waals surface area contributed by atoms with Crippen molar-refractivity contribution in [2.75, 3.05) is 7.05 Å². The maximum atomic E-state index is 13.1. The van der Waals surface area contributed by atoms with Gasteiger partial charge in [-0.2, -0.15) is 5.10 Å². The van der Waals surface area contributed by atoms with Gasteiger partial charge in [-0.1, -0.05) is 13.8 Å². The summed E-state index contributed by atoms with van der Waals surface area (Å²) in [6.07, 6.45) is 4.75. The molecule has 0 saturated carbocycles. The normalized spacial score (nSPS) is 18.5. The van der Waals surface area contributed by atoms with Gasteiger partial charge >= 0.3 is 0 Å². The van der Waals surface area contributed by atoms with Crippen LogP contribution < -0.4 is 0 Å². The molecule has 1 amide bonds. The molecule has 3 rings (SSSR count). The van der Waals surface area contributed by atoms with Gasteiger partial charge in [0.25, 0.3) is 0 Å². The van der Waals surface area contributed by atoms with Gasteiger partial charge in [-0.3, -0.25) is 9.89 Å². The number of rotatable bonds is 4. The first-order valence-corrected chi connectivity index (χ1v) is 9.47. The smallest absolute Gasteiger partial charge is 0.230 e. The number of carbonyl (C=O) groups is 1. The van der Waals surface area contributed by atoms with E-state index in [0.29, 0.717) is 5.92 Å². The Morgan fingerprint density at radius 3 is 2.83 bits per heavy atom. The minimum atomic E-state index is -0.0715. The van der Waals surface area contributed by atoms with Crippen molar-refractivity contribution < 1.29 is 4.79 Å². The zero-order valence-corrected chi connectivity index (χ0v) is 15.9. The van der Waals surface area contributed by atoms with Crippen LogP contribution in [0.2, 0.25) is 0 Å². The van der Waals surface area contributed by atoms with Gasteiger partial charge in [-0.15, -0.1) is 11.3 Å². The number of hydrogen-bond acceptors (Lipinski definition) is 4. The first-order chi connectivity index (χ1) is 11.4. The van der Waals surface area contributed by atoms with Crippen molar-refractivity contribution >= 4 is 17.2 Å². The summed E-state index contributed by atoms with van der Waals surface area (Å²) < 4.78 is 0. The first kappa shape index (κ1) is 17.1. The van der Waals surface area contributed by atoms with Gasteiger partial charge in [-0.05, 0) is 33.1 Å². The number of aromatic nitrogens is 3. The summed E-state index contributed by atoms with van der Waals surface area (Å²) in [4.78, 5) is 20.9. The van der Waals surface area contributed by atoms with Gasteiger partial charge in [0.05, 0.1) is 28.9 Å². The van der Waals surface area contributed by atoms with E-state index in [1.54, 1.807) is 11.3 Å². The Morgan fingerprint density at radius 2 is 2.17 bits per heavy atom. The van der Waals surface area contributed by atoms with Crippen molar-refractivity contribution in [3.05, 3.63) is 33.0 Å². The van der Waals surface area contributed by atoms with Crippen molar-refractivity contribution in [2.45, 2.75) is 64.8 Å². The second-order valence-electron chi connectivity index (χ2n) is 7.03. The fraction of sp³-hybridized carbons (Fsp3) is 0.611. The minimum Gasteiger partial charge on any atom is -0.338 e. The summed E-state index contributed by atoms with van der Waals surface area (Å²) in [5.74, 6) is 0.531. The number of aromatic amines is 1. The standard InChI is InChI=1S/C18H26N4OS/c1-10(2)17-20-11(3)16(24-17)12(4)22(5)18(23)13-7-6-8-15-14(13)9-19-21-15/h9-10,12-13H,6-8H2,1-5H3,(H,19,21)/t12-,13-/m0/s1. The maximum absolute atomic E-state index is 13.1. The quantitative estimate of drug-likeness (QED) is 0.912. The van der Waals surface area contributed by atoms with E-state index >= 15 is 0 Å². The van der Waals surface area contributed by atoms with Gasteiger partial charge < -0.3 is 4.90 Å². The van der Waals surface area contributed by atoms with Crippen LogP contribution in [0, 0.1) is 6.92 Å². The van der Waals surface area contributed by atoms with Crippen molar-refractivity contribution in [1.29, 1.82) is 0 Å². The molecule has 2 aromatic heterocycles. The highest BCUT2D eigenvalue weighted by Gasteiger charge is 2.32. The summed E-state index contributed by atoms with van der Waals surface area (Å²) >= 11 is 1.73. The van der Waals surface area contributed by atoms with Crippen LogP contribution in [-0.4, -0.2) is 33.0 Å². The average molecular weight is 347 g/mol. The molecule has 130 valence electrons. The minimum absolute atomic E-state index is 0.0415. The van der Waals surface area contributed by atoms with E-state index in [1.165, 1.54) is 4.88 Å². The molecule has 2 aromatic rings. The molecule has 0 aromatic carbocycles. The number of likely N-dealkylation sites (N-methyl/N-ethyl adjacent to an activating group) is 1. The monoisotopic (exact) mass is 346 g/mol. The molecule has 0 bridgehead atoms. The van der Waals surface area contributed by atoms with Crippen LogP contribution in [-0.2, 0) is 11.2 Å². The first-order valence-electron chi connectivity index (χ1n) is 8.66. The van der Waals surface area contributed by atoms with Gasteiger partial charge in [-0.25, -0.2) is 4.98 Å². The molecular formula is C18H26N4OS. The Bertz CT molecular complexity index is 733. The fourth-order valence-electron chi connectivity index (χ4n) is 3.39. The number of H-pyrrole nitrogens is 1. The molecule has 5 nitrogen and oxygen atoms in total. The third-order valence-electron chi connectivity index (χ3n) is 5.00. The van der Waals surface area contributed by atoms with Gasteiger partial charge in [0.15, 0.2) is 0 Å². The van der Waals surface area contributed by atoms with Crippen LogP contribution in [0.25, 0.3) is 0 Å². The van der Waals surface area contributed by atoms with Crippen LogP contribution in [0.3, 0.4) is 0 Å². The molecule has 1 aliphatic carbocycles. The number of hydrogen-bond donors (Lipinski definition) is 1. The molecule has 0 spiro atoms. The van der Waals surface area contributed by atoms with Crippen LogP contribution in [0.1, 0.15) is 78.3 Å². The van der Waals surface area contributed by atoms with E-state index < -0.39 is 0 Å². The molecular weight excluding hydrogens is 320 g/mol. The Labute approximate surface area is 147 Å². The molecule has 0 fully saturated rings. The molecule has 1 N–H and O–H groups in total. The lowest BCUT2D eigenvalue weighted by molar-refractivity contribution is -0.133. The molecule has 1 aliphatic rings. The average Bonchev–Trinajstić information content (AvgIpc) is 3.18. The zero-order valence-electron chi connectivity index (χ0n) is 15.1. The Kier molecular flexibility index (Phi) is 4.76. The van der Waals surface area contributed by atoms with Gasteiger partial charge in [0, 0.05) is 29.1 Å². The van der Waals surface area contributed by atoms with E-state index in [1.807, 2.05) is 25.1 Å². The molecule has 0 saturated heterocycles. The lowest BCUT2D eigenvalue weighted by Gasteiger charge is -2.30. The molecule has 0 aliphatic heterocycles. The summed E-state index contributed by atoms with van der Waals surface area (Å²) in [7, 11) is 1.91. The van der Waals surface area contributed by atoms with Crippen molar-refractivity contribution in [3.63, 3.8) is 0 Å². The highest BCUT2D eigenvalue weighted by molar-refractivity contribution is 7.11. The van der Waals surface area contributed by atoms with E-state index in [2.05, 4.69) is 36.0 Å². The van der Waals surface area contributed by atoms with Crippen LogP contribution in [0.15, 0.2) is 6.20 Å². The van der Waals surface area contributed by atoms with Crippen LogP contribution in [0.4, 0.5) is 0 Å². The lowest BCUT2D eigenvalue weighted by atomic mass is 9.86.